The molecule has 7 rings (SSSR count). The first-order chi connectivity index (χ1) is 21.4. The smallest absolute Gasteiger partial charge is 0.319 e. The second-order valence-corrected chi connectivity index (χ2v) is 11.2. The summed E-state index contributed by atoms with van der Waals surface area (Å²) in [7, 11) is 0. The number of halogens is 4. The van der Waals surface area contributed by atoms with Crippen molar-refractivity contribution in [2.45, 2.75) is 49.6 Å². The van der Waals surface area contributed by atoms with Crippen LogP contribution in [0.2, 0.25) is 0 Å². The zero-order valence-electron chi connectivity index (χ0n) is 25.2. The first kappa shape index (κ1) is 23.4. The van der Waals surface area contributed by atoms with Gasteiger partial charge in [0.1, 0.15) is 47.5 Å². The van der Waals surface area contributed by atoms with E-state index in [0.717, 1.165) is 23.6 Å². The predicted molar refractivity (Wildman–Crippen MR) is 150 cm³/mol. The molecule has 2 saturated heterocycles. The van der Waals surface area contributed by atoms with Crippen LogP contribution in [-0.2, 0) is 0 Å². The average Bonchev–Trinajstić information content (AvgIpc) is 3.40. The lowest BCUT2D eigenvalue weighted by Crippen LogP contribution is -2.43. The molecule has 7 nitrogen and oxygen atoms in total. The summed E-state index contributed by atoms with van der Waals surface area (Å²) in [5.74, 6) is -0.0793. The summed E-state index contributed by atoms with van der Waals surface area (Å²) in [6, 6.07) is 3.62. The lowest BCUT2D eigenvalue weighted by atomic mass is 9.95. The molecule has 0 unspecified atom stereocenters. The van der Waals surface area contributed by atoms with Gasteiger partial charge in [-0.05, 0) is 43.0 Å². The molecule has 3 fully saturated rings. The van der Waals surface area contributed by atoms with Crippen molar-refractivity contribution in [3.63, 3.8) is 0 Å². The maximum absolute atomic E-state index is 16.6. The molecule has 2 aliphatic heterocycles. The van der Waals surface area contributed by atoms with Crippen molar-refractivity contribution in [3.05, 3.63) is 47.7 Å². The van der Waals surface area contributed by atoms with Crippen LogP contribution in [0.1, 0.15) is 35.4 Å². The van der Waals surface area contributed by atoms with Crippen molar-refractivity contribution in [2.24, 2.45) is 0 Å². The molecule has 1 aliphatic carbocycles. The van der Waals surface area contributed by atoms with Crippen molar-refractivity contribution in [2.75, 3.05) is 31.6 Å². The molecule has 0 spiro atoms. The summed E-state index contributed by atoms with van der Waals surface area (Å²) in [4.78, 5) is 15.7. The molecule has 216 valence electrons. The van der Waals surface area contributed by atoms with Crippen LogP contribution in [0.15, 0.2) is 30.5 Å². The number of ether oxygens (including phenoxy) is 1. The molecule has 42 heavy (non-hydrogen) atoms. The lowest BCUT2D eigenvalue weighted by Gasteiger charge is -2.31. The maximum atomic E-state index is 16.6. The summed E-state index contributed by atoms with van der Waals surface area (Å²) < 4.78 is 90.6. The molecule has 4 atom stereocenters. The Morgan fingerprint density at radius 2 is 2.12 bits per heavy atom. The molecule has 3 aliphatic rings. The van der Waals surface area contributed by atoms with Gasteiger partial charge in [0.2, 0.25) is 0 Å². The number of alkyl halides is 2. The molecular formula is C31H27F4N5O2. The van der Waals surface area contributed by atoms with E-state index in [-0.39, 0.29) is 71.2 Å². The Balaban J connectivity index is 1.42. The van der Waals surface area contributed by atoms with Gasteiger partial charge in [-0.1, -0.05) is 12.0 Å². The number of benzene rings is 2. The van der Waals surface area contributed by atoms with Gasteiger partial charge in [-0.25, -0.2) is 17.6 Å². The van der Waals surface area contributed by atoms with Gasteiger partial charge in [0.15, 0.2) is 5.82 Å². The minimum Gasteiger partial charge on any atom is -0.508 e. The lowest BCUT2D eigenvalue weighted by molar-refractivity contribution is 0.107. The molecule has 4 heterocycles. The summed E-state index contributed by atoms with van der Waals surface area (Å²) in [5, 5.41) is 10.8. The Bertz CT molecular complexity index is 1900. The molecule has 1 saturated carbocycles. The Morgan fingerprint density at radius 1 is 1.29 bits per heavy atom. The molecule has 2 aromatic heterocycles. The van der Waals surface area contributed by atoms with Crippen LogP contribution in [0.25, 0.3) is 32.9 Å². The van der Waals surface area contributed by atoms with E-state index in [2.05, 4.69) is 20.9 Å². The fraction of sp³-hybridized carbons (Fsp3) is 0.387. The van der Waals surface area contributed by atoms with Gasteiger partial charge in [0, 0.05) is 47.6 Å². The number of phenolic OH excluding ortho intramolecular Hbond substituents is 1. The number of aromatic nitrogens is 3. The fourth-order valence-corrected chi connectivity index (χ4v) is 6.43. The van der Waals surface area contributed by atoms with Gasteiger partial charge in [0.05, 0.1) is 22.5 Å². The Morgan fingerprint density at radius 3 is 2.88 bits per heavy atom. The Hall–Kier alpha value is -4.17. The number of anilines is 1. The first-order valence-corrected chi connectivity index (χ1v) is 13.6. The first-order valence-electron chi connectivity index (χ1n) is 15.1. The zero-order valence-corrected chi connectivity index (χ0v) is 22.2. The summed E-state index contributed by atoms with van der Waals surface area (Å²) >= 11 is 0. The SMILES string of the molecule is [2H]C([2H])([2H])N(c1nc(OC[C@@]23CCCN2C[C@H](F)C3)nc2c(F)c(-c3cc(O)cc4ccc(F)c(C#C)c34)ncc12)[C@H]1C[C@@H]1F. The predicted octanol–water partition coefficient (Wildman–Crippen LogP) is 5.31. The van der Waals surface area contributed by atoms with Gasteiger partial charge in [-0.15, -0.1) is 6.42 Å². The van der Waals surface area contributed by atoms with E-state index in [1.54, 1.807) is 0 Å². The van der Waals surface area contributed by atoms with Gasteiger partial charge in [-0.3, -0.25) is 9.88 Å². The van der Waals surface area contributed by atoms with Crippen LogP contribution >= 0.6 is 0 Å². The van der Waals surface area contributed by atoms with E-state index >= 15 is 4.39 Å². The molecule has 11 heteroatoms. The monoisotopic (exact) mass is 580 g/mol. The highest BCUT2D eigenvalue weighted by Gasteiger charge is 2.49. The van der Waals surface area contributed by atoms with Crippen LogP contribution < -0.4 is 9.64 Å². The molecule has 0 bridgehead atoms. The highest BCUT2D eigenvalue weighted by atomic mass is 19.1. The van der Waals surface area contributed by atoms with E-state index in [4.69, 9.17) is 15.3 Å². The molecule has 0 radical (unpaired) electrons. The minimum absolute atomic E-state index is 0.0249. The number of rotatable bonds is 6. The highest BCUT2D eigenvalue weighted by Crippen LogP contribution is 2.42. The van der Waals surface area contributed by atoms with E-state index in [1.807, 2.05) is 4.90 Å². The average molecular weight is 581 g/mol. The van der Waals surface area contributed by atoms with E-state index in [1.165, 1.54) is 18.2 Å². The second kappa shape index (κ2) is 9.70. The number of pyridine rings is 1. The topological polar surface area (TPSA) is 74.6 Å². The second-order valence-electron chi connectivity index (χ2n) is 11.2. The van der Waals surface area contributed by atoms with Gasteiger partial charge in [0.25, 0.3) is 0 Å². The highest BCUT2D eigenvalue weighted by molar-refractivity contribution is 6.03. The standard InChI is InChI=1S/C31H27F4N5O2/c1-3-19-22(33)6-5-16-9-18(41)10-20(25(16)19)27-26(35)28-21(13-36-27)29(39(2)24-11-23(24)34)38-30(37-28)42-15-31-7-4-8-40(31)14-17(32)12-31/h1,5-6,9-10,13,17,23-24,41H,4,7-8,11-12,14-15H2,2H3/t17-,23+,24+,31+/m1/s1/i2D3. The van der Waals surface area contributed by atoms with Crippen LogP contribution in [0.5, 0.6) is 11.8 Å². The largest absolute Gasteiger partial charge is 0.508 e. The third-order valence-electron chi connectivity index (χ3n) is 8.57. The molecule has 2 aromatic carbocycles. The number of aromatic hydroxyl groups is 1. The van der Waals surface area contributed by atoms with E-state index in [0.29, 0.717) is 18.4 Å². The Kier molecular flexibility index (Phi) is 5.40. The van der Waals surface area contributed by atoms with Crippen molar-refractivity contribution in [3.8, 4) is 35.4 Å². The zero-order chi connectivity index (χ0) is 31.8. The summed E-state index contributed by atoms with van der Waals surface area (Å²) in [6.07, 6.45) is 5.94. The van der Waals surface area contributed by atoms with E-state index in [9.17, 15) is 18.3 Å². The number of fused-ring (bicyclic) bond motifs is 3. The van der Waals surface area contributed by atoms with Crippen LogP contribution in [-0.4, -0.2) is 75.6 Å². The van der Waals surface area contributed by atoms with Crippen LogP contribution in [0, 0.1) is 24.0 Å². The Labute approximate surface area is 243 Å². The fourth-order valence-electron chi connectivity index (χ4n) is 6.43. The van der Waals surface area contributed by atoms with Crippen LogP contribution in [0.3, 0.4) is 0 Å². The third-order valence-corrected chi connectivity index (χ3v) is 8.57. The molecule has 1 N–H and O–H groups in total. The van der Waals surface area contributed by atoms with Crippen molar-refractivity contribution < 1.29 is 31.5 Å². The van der Waals surface area contributed by atoms with Gasteiger partial charge in [-0.2, -0.15) is 9.97 Å². The molecular weight excluding hydrogens is 550 g/mol. The minimum atomic E-state index is -2.87. The summed E-state index contributed by atoms with van der Waals surface area (Å²) in [6.45, 7) is -1.93. The van der Waals surface area contributed by atoms with Gasteiger partial charge < -0.3 is 14.7 Å². The quantitative estimate of drug-likeness (QED) is 0.245. The molecule has 0 amide bonds. The number of nitrogens with zero attached hydrogens (tertiary/aromatic N) is 5. The normalized spacial score (nSPS) is 26.5. The van der Waals surface area contributed by atoms with Gasteiger partial charge >= 0.3 is 6.01 Å². The van der Waals surface area contributed by atoms with Crippen molar-refractivity contribution in [1.82, 2.24) is 19.9 Å². The molecule has 4 aromatic rings. The number of terminal acetylenes is 1. The third kappa shape index (κ3) is 4.19. The number of hydrogen-bond acceptors (Lipinski definition) is 7. The van der Waals surface area contributed by atoms with Crippen molar-refractivity contribution in [1.29, 1.82) is 0 Å². The van der Waals surface area contributed by atoms with E-state index < -0.39 is 48.1 Å². The maximum Gasteiger partial charge on any atom is 0.319 e. The van der Waals surface area contributed by atoms with Crippen molar-refractivity contribution >= 4 is 27.5 Å². The number of hydrogen-bond donors (Lipinski definition) is 1. The summed E-state index contributed by atoms with van der Waals surface area (Å²) in [5.41, 5.74) is -1.56. The number of phenols is 1. The van der Waals surface area contributed by atoms with Crippen LogP contribution in [0.4, 0.5) is 23.4 Å².